The summed E-state index contributed by atoms with van der Waals surface area (Å²) in [7, 11) is 0. The van der Waals surface area contributed by atoms with Crippen molar-refractivity contribution >= 4 is 0 Å². The van der Waals surface area contributed by atoms with Crippen LogP contribution in [0.1, 0.15) is 17.5 Å². The minimum absolute atomic E-state index is 0.360. The number of quaternary nitrogens is 1. The molecule has 0 radical (unpaired) electrons. The zero-order valence-corrected chi connectivity index (χ0v) is 10.4. The van der Waals surface area contributed by atoms with E-state index in [1.54, 1.807) is 0 Å². The first-order valence-corrected chi connectivity index (χ1v) is 6.51. The third-order valence-electron chi connectivity index (χ3n) is 3.52. The van der Waals surface area contributed by atoms with Crippen molar-refractivity contribution in [2.24, 2.45) is 0 Å². The summed E-state index contributed by atoms with van der Waals surface area (Å²) in [5, 5.41) is 2.31. The van der Waals surface area contributed by atoms with Crippen molar-refractivity contribution in [2.75, 3.05) is 13.2 Å². The van der Waals surface area contributed by atoms with Gasteiger partial charge in [-0.05, 0) is 24.3 Å². The minimum Gasteiger partial charge on any atom is -0.319 e. The molecule has 0 aliphatic carbocycles. The van der Waals surface area contributed by atoms with Crippen molar-refractivity contribution in [1.82, 2.24) is 0 Å². The van der Waals surface area contributed by atoms with E-state index in [1.165, 1.54) is 11.1 Å². The molecule has 2 N–H and O–H groups in total. The number of hydrogen-bond acceptors (Lipinski definition) is 1. The van der Waals surface area contributed by atoms with E-state index >= 15 is 0 Å². The molecule has 0 spiro atoms. The molecule has 18 heavy (non-hydrogen) atoms. The van der Waals surface area contributed by atoms with Crippen LogP contribution in [0.15, 0.2) is 60.7 Å². The highest BCUT2D eigenvalue weighted by molar-refractivity contribution is 5.32. The Morgan fingerprint density at radius 2 is 1.39 bits per heavy atom. The lowest BCUT2D eigenvalue weighted by Gasteiger charge is -2.35. The fourth-order valence-electron chi connectivity index (χ4n) is 2.62. The third kappa shape index (κ3) is 1.94. The van der Waals surface area contributed by atoms with Gasteiger partial charge < -0.3 is 10.1 Å². The molecule has 0 aromatic heterocycles. The quantitative estimate of drug-likeness (QED) is 0.852. The summed E-state index contributed by atoms with van der Waals surface area (Å²) in [5.41, 5.74) is 2.08. The van der Waals surface area contributed by atoms with Gasteiger partial charge in [0.25, 0.3) is 5.72 Å². The molecule has 1 fully saturated rings. The van der Waals surface area contributed by atoms with E-state index in [4.69, 9.17) is 4.74 Å². The van der Waals surface area contributed by atoms with Crippen molar-refractivity contribution in [1.29, 1.82) is 0 Å². The first kappa shape index (κ1) is 11.5. The van der Waals surface area contributed by atoms with Crippen molar-refractivity contribution in [2.45, 2.75) is 12.1 Å². The number of rotatable bonds is 2. The fraction of sp³-hybridized carbons (Fsp3) is 0.250. The Labute approximate surface area is 108 Å². The fourth-order valence-corrected chi connectivity index (χ4v) is 2.62. The molecule has 1 aliphatic rings. The van der Waals surface area contributed by atoms with Crippen LogP contribution >= 0.6 is 0 Å². The van der Waals surface area contributed by atoms with Gasteiger partial charge in [0, 0.05) is 17.5 Å². The van der Waals surface area contributed by atoms with Crippen LogP contribution in [0.3, 0.4) is 0 Å². The summed E-state index contributed by atoms with van der Waals surface area (Å²) in [6, 6.07) is 21.0. The van der Waals surface area contributed by atoms with Crippen LogP contribution in [0.25, 0.3) is 0 Å². The van der Waals surface area contributed by atoms with E-state index in [0.29, 0.717) is 0 Å². The standard InChI is InChI=1S/C16H17NO/c1-3-8-14(9-4-1)16(17-12-7-13-18-16)15-10-5-2-6-11-15/h1-6,8-11,17H,7,12-13H2/p+1. The molecule has 3 rings (SSSR count). The Kier molecular flexibility index (Phi) is 3.13. The van der Waals surface area contributed by atoms with Crippen molar-refractivity contribution < 1.29 is 10.1 Å². The average Bonchev–Trinajstić information content (AvgIpc) is 2.50. The van der Waals surface area contributed by atoms with Gasteiger partial charge in [-0.25, -0.2) is 0 Å². The predicted octanol–water partition coefficient (Wildman–Crippen LogP) is 1.87. The number of benzene rings is 2. The van der Waals surface area contributed by atoms with Gasteiger partial charge in [-0.15, -0.1) is 0 Å². The second kappa shape index (κ2) is 4.92. The topological polar surface area (TPSA) is 25.8 Å². The molecule has 1 saturated heterocycles. The van der Waals surface area contributed by atoms with Crippen LogP contribution in [-0.4, -0.2) is 13.2 Å². The van der Waals surface area contributed by atoms with E-state index in [-0.39, 0.29) is 5.72 Å². The van der Waals surface area contributed by atoms with E-state index in [2.05, 4.69) is 53.8 Å². The summed E-state index contributed by atoms with van der Waals surface area (Å²) in [6.07, 6.45) is 1.11. The Balaban J connectivity index is 2.10. The van der Waals surface area contributed by atoms with E-state index in [9.17, 15) is 0 Å². The SMILES string of the molecule is c1ccc(C2(c3ccccc3)[NH2+]CCCO2)cc1. The van der Waals surface area contributed by atoms with Crippen LogP contribution < -0.4 is 5.32 Å². The highest BCUT2D eigenvalue weighted by Crippen LogP contribution is 2.28. The molecule has 0 unspecified atom stereocenters. The molecule has 0 bridgehead atoms. The number of ether oxygens (including phenoxy) is 1. The second-order valence-electron chi connectivity index (χ2n) is 4.66. The molecule has 2 aromatic rings. The lowest BCUT2D eigenvalue weighted by Crippen LogP contribution is -2.97. The van der Waals surface area contributed by atoms with Gasteiger partial charge in [0.2, 0.25) is 0 Å². The molecular weight excluding hydrogens is 222 g/mol. The van der Waals surface area contributed by atoms with Crippen molar-refractivity contribution in [3.05, 3.63) is 71.8 Å². The summed E-state index contributed by atoms with van der Waals surface area (Å²) in [4.78, 5) is 0. The molecule has 0 saturated carbocycles. The molecule has 2 nitrogen and oxygen atoms in total. The van der Waals surface area contributed by atoms with Crippen LogP contribution in [0.5, 0.6) is 0 Å². The lowest BCUT2D eigenvalue weighted by atomic mass is 9.93. The zero-order valence-electron chi connectivity index (χ0n) is 10.4. The van der Waals surface area contributed by atoms with Gasteiger partial charge in [-0.1, -0.05) is 36.4 Å². The average molecular weight is 240 g/mol. The van der Waals surface area contributed by atoms with E-state index in [0.717, 1.165) is 19.6 Å². The largest absolute Gasteiger partial charge is 0.319 e. The smallest absolute Gasteiger partial charge is 0.254 e. The van der Waals surface area contributed by atoms with Gasteiger partial charge in [0.1, 0.15) is 0 Å². The molecule has 0 amide bonds. The zero-order chi connectivity index (χ0) is 12.3. The maximum Gasteiger partial charge on any atom is 0.254 e. The summed E-state index contributed by atoms with van der Waals surface area (Å²) < 4.78 is 6.18. The molecule has 2 aromatic carbocycles. The van der Waals surface area contributed by atoms with Crippen LogP contribution in [0, 0.1) is 0 Å². The van der Waals surface area contributed by atoms with Gasteiger partial charge in [0.15, 0.2) is 0 Å². The first-order valence-electron chi connectivity index (χ1n) is 6.51. The number of hydrogen-bond donors (Lipinski definition) is 1. The molecule has 92 valence electrons. The lowest BCUT2D eigenvalue weighted by molar-refractivity contribution is -0.782. The predicted molar refractivity (Wildman–Crippen MR) is 71.0 cm³/mol. The van der Waals surface area contributed by atoms with Crippen LogP contribution in [0.2, 0.25) is 0 Å². The Morgan fingerprint density at radius 3 is 1.83 bits per heavy atom. The van der Waals surface area contributed by atoms with Crippen LogP contribution in [-0.2, 0) is 10.5 Å². The monoisotopic (exact) mass is 240 g/mol. The highest BCUT2D eigenvalue weighted by Gasteiger charge is 2.41. The Morgan fingerprint density at radius 1 is 0.833 bits per heavy atom. The molecule has 2 heteroatoms. The van der Waals surface area contributed by atoms with Crippen LogP contribution in [0.4, 0.5) is 0 Å². The summed E-state index contributed by atoms with van der Waals surface area (Å²) in [5.74, 6) is 0. The van der Waals surface area contributed by atoms with Crippen molar-refractivity contribution in [3.8, 4) is 0 Å². The number of nitrogens with two attached hydrogens (primary N) is 1. The highest BCUT2D eigenvalue weighted by atomic mass is 16.5. The van der Waals surface area contributed by atoms with Gasteiger partial charge in [-0.3, -0.25) is 0 Å². The minimum atomic E-state index is -0.360. The second-order valence-corrected chi connectivity index (χ2v) is 4.66. The van der Waals surface area contributed by atoms with Crippen molar-refractivity contribution in [3.63, 3.8) is 0 Å². The van der Waals surface area contributed by atoms with Gasteiger partial charge in [0.05, 0.1) is 13.2 Å². The Hall–Kier alpha value is -1.64. The summed E-state index contributed by atoms with van der Waals surface area (Å²) in [6.45, 7) is 1.92. The van der Waals surface area contributed by atoms with Gasteiger partial charge >= 0.3 is 0 Å². The molecule has 1 heterocycles. The molecular formula is C16H18NO+. The summed E-state index contributed by atoms with van der Waals surface area (Å²) >= 11 is 0. The van der Waals surface area contributed by atoms with E-state index in [1.807, 2.05) is 12.1 Å². The maximum atomic E-state index is 6.18. The maximum absolute atomic E-state index is 6.18. The first-order chi connectivity index (χ1) is 8.92. The van der Waals surface area contributed by atoms with Gasteiger partial charge in [-0.2, -0.15) is 0 Å². The normalized spacial score (nSPS) is 18.4. The molecule has 1 aliphatic heterocycles. The Bertz CT molecular complexity index is 448. The molecule has 0 atom stereocenters. The third-order valence-corrected chi connectivity index (χ3v) is 3.52. The van der Waals surface area contributed by atoms with E-state index < -0.39 is 0 Å².